The Hall–Kier alpha value is -4.52. The predicted molar refractivity (Wildman–Crippen MR) is 168 cm³/mol. The van der Waals surface area contributed by atoms with Crippen molar-refractivity contribution in [3.05, 3.63) is 136 Å². The fourth-order valence-corrected chi connectivity index (χ4v) is 5.17. The van der Waals surface area contributed by atoms with Gasteiger partial charge >= 0.3 is 0 Å². The van der Waals surface area contributed by atoms with Crippen LogP contribution in [0.1, 0.15) is 32.6 Å². The third-order valence-corrected chi connectivity index (χ3v) is 7.47. The Balaban J connectivity index is 1.41. The number of hydrogen-bond donors (Lipinski definition) is 3. The number of hydrogen-bond acceptors (Lipinski definition) is 3. The SMILES string of the molecule is NCc1ccc(CNC(=O)c2cc(-c3c[nH]c4ccc(Br)cc34)nc3ccc(/C=C/c4ccccc4)cc23)cc1. The number of halogens is 1. The van der Waals surface area contributed by atoms with Crippen LogP contribution in [0.3, 0.4) is 0 Å². The zero-order valence-electron chi connectivity index (χ0n) is 21.7. The molecule has 0 saturated heterocycles. The van der Waals surface area contributed by atoms with Gasteiger partial charge < -0.3 is 16.0 Å². The van der Waals surface area contributed by atoms with Crippen LogP contribution in [0, 0.1) is 0 Å². The summed E-state index contributed by atoms with van der Waals surface area (Å²) in [5, 5.41) is 4.95. The van der Waals surface area contributed by atoms with Gasteiger partial charge in [-0.1, -0.05) is 88.7 Å². The van der Waals surface area contributed by atoms with Crippen molar-refractivity contribution in [1.29, 1.82) is 0 Å². The predicted octanol–water partition coefficient (Wildman–Crippen LogP) is 7.70. The van der Waals surface area contributed by atoms with Crippen molar-refractivity contribution in [1.82, 2.24) is 15.3 Å². The maximum absolute atomic E-state index is 13.7. The van der Waals surface area contributed by atoms with E-state index in [-0.39, 0.29) is 5.91 Å². The summed E-state index contributed by atoms with van der Waals surface area (Å²) in [4.78, 5) is 22.0. The first-order valence-corrected chi connectivity index (χ1v) is 13.9. The Morgan fingerprint density at radius 2 is 1.62 bits per heavy atom. The monoisotopic (exact) mass is 586 g/mol. The van der Waals surface area contributed by atoms with Crippen LogP contribution in [-0.4, -0.2) is 15.9 Å². The summed E-state index contributed by atoms with van der Waals surface area (Å²) in [6.07, 6.45) is 6.07. The van der Waals surface area contributed by atoms with E-state index in [2.05, 4.69) is 56.6 Å². The highest BCUT2D eigenvalue weighted by Crippen LogP contribution is 2.32. The zero-order valence-corrected chi connectivity index (χ0v) is 23.3. The summed E-state index contributed by atoms with van der Waals surface area (Å²) in [6, 6.07) is 32.1. The van der Waals surface area contributed by atoms with Crippen LogP contribution < -0.4 is 11.1 Å². The lowest BCUT2D eigenvalue weighted by Gasteiger charge is -2.12. The Kier molecular flexibility index (Phi) is 7.27. The molecular weight excluding hydrogens is 560 g/mol. The van der Waals surface area contributed by atoms with Gasteiger partial charge in [0.05, 0.1) is 16.8 Å². The van der Waals surface area contributed by atoms with Gasteiger partial charge in [-0.2, -0.15) is 0 Å². The molecule has 0 spiro atoms. The fourth-order valence-electron chi connectivity index (χ4n) is 4.81. The number of amides is 1. The summed E-state index contributed by atoms with van der Waals surface area (Å²) in [5.41, 5.74) is 13.9. The largest absolute Gasteiger partial charge is 0.360 e. The first-order valence-electron chi connectivity index (χ1n) is 13.1. The molecule has 2 heterocycles. The molecule has 2 aromatic heterocycles. The van der Waals surface area contributed by atoms with E-state index in [1.807, 2.05) is 85.1 Å². The van der Waals surface area contributed by atoms with Crippen LogP contribution in [-0.2, 0) is 13.1 Å². The number of nitrogens with one attached hydrogen (secondary N) is 2. The highest BCUT2D eigenvalue weighted by Gasteiger charge is 2.17. The minimum Gasteiger partial charge on any atom is -0.360 e. The van der Waals surface area contributed by atoms with Crippen molar-refractivity contribution in [3.63, 3.8) is 0 Å². The van der Waals surface area contributed by atoms with Gasteiger partial charge in [-0.25, -0.2) is 4.98 Å². The van der Waals surface area contributed by atoms with Crippen molar-refractivity contribution in [3.8, 4) is 11.3 Å². The molecule has 0 atom stereocenters. The highest BCUT2D eigenvalue weighted by molar-refractivity contribution is 9.10. The Morgan fingerprint density at radius 1 is 0.850 bits per heavy atom. The molecule has 0 aliphatic heterocycles. The van der Waals surface area contributed by atoms with Gasteiger partial charge in [0.2, 0.25) is 0 Å². The number of aromatic nitrogens is 2. The molecule has 0 aliphatic carbocycles. The molecule has 0 fully saturated rings. The molecule has 0 unspecified atom stereocenters. The van der Waals surface area contributed by atoms with Crippen LogP contribution in [0.2, 0.25) is 0 Å². The fraction of sp³-hybridized carbons (Fsp3) is 0.0588. The molecule has 0 aliphatic rings. The molecule has 6 rings (SSSR count). The maximum Gasteiger partial charge on any atom is 0.252 e. The van der Waals surface area contributed by atoms with Gasteiger partial charge in [-0.3, -0.25) is 4.79 Å². The summed E-state index contributed by atoms with van der Waals surface area (Å²) in [5.74, 6) is -0.151. The van der Waals surface area contributed by atoms with Crippen molar-refractivity contribution in [2.45, 2.75) is 13.1 Å². The Morgan fingerprint density at radius 3 is 2.42 bits per heavy atom. The van der Waals surface area contributed by atoms with Crippen molar-refractivity contribution in [2.24, 2.45) is 5.73 Å². The minimum atomic E-state index is -0.151. The molecule has 6 aromatic rings. The third kappa shape index (κ3) is 5.45. The number of nitrogens with zero attached hydrogens (tertiary/aromatic N) is 1. The normalized spacial score (nSPS) is 11.4. The molecule has 0 saturated carbocycles. The number of aromatic amines is 1. The van der Waals surface area contributed by atoms with Crippen LogP contribution in [0.25, 0.3) is 45.2 Å². The lowest BCUT2D eigenvalue weighted by Crippen LogP contribution is -2.23. The average Bonchev–Trinajstić information content (AvgIpc) is 3.42. The van der Waals surface area contributed by atoms with Crippen LogP contribution >= 0.6 is 15.9 Å². The van der Waals surface area contributed by atoms with E-state index < -0.39 is 0 Å². The number of nitrogens with two attached hydrogens (primary N) is 1. The van der Waals surface area contributed by atoms with E-state index in [1.165, 1.54) is 0 Å². The second-order valence-corrected chi connectivity index (χ2v) is 10.6. The molecule has 6 heteroatoms. The summed E-state index contributed by atoms with van der Waals surface area (Å²) >= 11 is 3.58. The Bertz CT molecular complexity index is 1860. The molecule has 4 N–H and O–H groups in total. The van der Waals surface area contributed by atoms with Crippen LogP contribution in [0.5, 0.6) is 0 Å². The van der Waals surface area contributed by atoms with E-state index >= 15 is 0 Å². The van der Waals surface area contributed by atoms with E-state index in [1.54, 1.807) is 0 Å². The zero-order chi connectivity index (χ0) is 27.5. The van der Waals surface area contributed by atoms with Gasteiger partial charge in [0.1, 0.15) is 0 Å². The molecule has 40 heavy (non-hydrogen) atoms. The van der Waals surface area contributed by atoms with Crippen molar-refractivity contribution >= 4 is 55.8 Å². The van der Waals surface area contributed by atoms with Gasteiger partial charge in [0.25, 0.3) is 5.91 Å². The lowest BCUT2D eigenvalue weighted by atomic mass is 10.0. The van der Waals surface area contributed by atoms with E-state index in [0.717, 1.165) is 59.8 Å². The van der Waals surface area contributed by atoms with Crippen molar-refractivity contribution < 1.29 is 4.79 Å². The van der Waals surface area contributed by atoms with Gasteiger partial charge in [-0.05, 0) is 58.7 Å². The maximum atomic E-state index is 13.7. The van der Waals surface area contributed by atoms with E-state index in [9.17, 15) is 4.79 Å². The molecular formula is C34H27BrN4O. The Labute approximate surface area is 240 Å². The molecule has 5 nitrogen and oxygen atoms in total. The number of rotatable bonds is 7. The van der Waals surface area contributed by atoms with E-state index in [4.69, 9.17) is 10.7 Å². The van der Waals surface area contributed by atoms with E-state index in [0.29, 0.717) is 18.7 Å². The molecule has 4 aromatic carbocycles. The van der Waals surface area contributed by atoms with Crippen molar-refractivity contribution in [2.75, 3.05) is 0 Å². The molecule has 196 valence electrons. The second-order valence-electron chi connectivity index (χ2n) is 9.67. The number of benzene rings is 4. The standard InChI is InChI=1S/C34H27BrN4O/c35-26-13-15-31-28(17-26)30(21-37-31)33-18-29(34(40)38-20-25-10-8-24(19-36)9-11-25)27-16-23(12-14-32(27)39-33)7-6-22-4-2-1-3-5-22/h1-18,21,37H,19-20,36H2,(H,38,40)/b7-6+. The first-order chi connectivity index (χ1) is 19.6. The molecule has 0 radical (unpaired) electrons. The van der Waals surface area contributed by atoms with Crippen LogP contribution in [0.15, 0.2) is 108 Å². The number of carbonyl (C=O) groups excluding carboxylic acids is 1. The van der Waals surface area contributed by atoms with Gasteiger partial charge in [-0.15, -0.1) is 0 Å². The number of pyridine rings is 1. The smallest absolute Gasteiger partial charge is 0.252 e. The molecule has 1 amide bonds. The number of H-pyrrole nitrogens is 1. The van der Waals surface area contributed by atoms with Crippen LogP contribution in [0.4, 0.5) is 0 Å². The summed E-state index contributed by atoms with van der Waals surface area (Å²) < 4.78 is 0.982. The molecule has 0 bridgehead atoms. The third-order valence-electron chi connectivity index (χ3n) is 6.98. The quantitative estimate of drug-likeness (QED) is 0.167. The van der Waals surface area contributed by atoms with Gasteiger partial charge in [0, 0.05) is 45.6 Å². The number of carbonyl (C=O) groups is 1. The minimum absolute atomic E-state index is 0.151. The second kappa shape index (κ2) is 11.3. The van der Waals surface area contributed by atoms with Gasteiger partial charge in [0.15, 0.2) is 0 Å². The lowest BCUT2D eigenvalue weighted by molar-refractivity contribution is 0.0952. The first kappa shape index (κ1) is 25.7. The summed E-state index contributed by atoms with van der Waals surface area (Å²) in [7, 11) is 0. The number of fused-ring (bicyclic) bond motifs is 2. The summed E-state index contributed by atoms with van der Waals surface area (Å²) in [6.45, 7) is 0.903. The topological polar surface area (TPSA) is 83.8 Å². The highest BCUT2D eigenvalue weighted by atomic mass is 79.9. The average molecular weight is 588 g/mol.